The Labute approximate surface area is 55.5 Å². The van der Waals surface area contributed by atoms with Crippen molar-refractivity contribution in [2.75, 3.05) is 0 Å². The zero-order valence-corrected chi connectivity index (χ0v) is 5.67. The predicted molar refractivity (Wildman–Crippen MR) is 39.5 cm³/mol. The number of nitrogens with two attached hydrogens (primary N) is 1. The van der Waals surface area contributed by atoms with Crippen molar-refractivity contribution in [2.24, 2.45) is 10.7 Å². The second-order valence-electron chi connectivity index (χ2n) is 2.44. The van der Waals surface area contributed by atoms with Gasteiger partial charge in [-0.2, -0.15) is 0 Å². The highest BCUT2D eigenvalue weighted by Gasteiger charge is 2.18. The Balaban J connectivity index is 2.63. The van der Waals surface area contributed by atoms with Gasteiger partial charge in [-0.3, -0.25) is 4.99 Å². The minimum Gasteiger partial charge on any atom is -0.322 e. The van der Waals surface area contributed by atoms with E-state index < -0.39 is 0 Å². The number of rotatable bonds is 1. The first-order chi connectivity index (χ1) is 4.27. The van der Waals surface area contributed by atoms with Crippen molar-refractivity contribution >= 4 is 6.21 Å². The van der Waals surface area contributed by atoms with Gasteiger partial charge in [-0.25, -0.2) is 0 Å². The molecule has 0 fully saturated rings. The van der Waals surface area contributed by atoms with Crippen LogP contribution in [0.5, 0.6) is 0 Å². The van der Waals surface area contributed by atoms with Gasteiger partial charge in [-0.1, -0.05) is 6.92 Å². The van der Waals surface area contributed by atoms with E-state index >= 15 is 0 Å². The highest BCUT2D eigenvalue weighted by Crippen LogP contribution is 2.14. The van der Waals surface area contributed by atoms with Crippen LogP contribution in [-0.4, -0.2) is 11.8 Å². The van der Waals surface area contributed by atoms with Crippen LogP contribution in [0.1, 0.15) is 19.8 Å². The van der Waals surface area contributed by atoms with Crippen LogP contribution in [0.15, 0.2) is 17.3 Å². The zero-order chi connectivity index (χ0) is 6.74. The third-order valence-electron chi connectivity index (χ3n) is 1.73. The molecule has 0 radical (unpaired) electrons. The summed E-state index contributed by atoms with van der Waals surface area (Å²) in [7, 11) is 0. The minimum atomic E-state index is -0.109. The van der Waals surface area contributed by atoms with Crippen molar-refractivity contribution in [3.05, 3.63) is 12.3 Å². The maximum absolute atomic E-state index is 5.88. The third kappa shape index (κ3) is 1.39. The van der Waals surface area contributed by atoms with Crippen molar-refractivity contribution in [1.82, 2.24) is 0 Å². The fraction of sp³-hybridized carbons (Fsp3) is 0.571. The van der Waals surface area contributed by atoms with Crippen LogP contribution in [0.2, 0.25) is 0 Å². The summed E-state index contributed by atoms with van der Waals surface area (Å²) >= 11 is 0. The zero-order valence-electron chi connectivity index (χ0n) is 5.67. The van der Waals surface area contributed by atoms with Gasteiger partial charge in [0.2, 0.25) is 0 Å². The molecule has 9 heavy (non-hydrogen) atoms. The molecule has 0 spiro atoms. The van der Waals surface area contributed by atoms with Crippen LogP contribution < -0.4 is 5.73 Å². The minimum absolute atomic E-state index is 0.109. The molecule has 0 saturated carbocycles. The van der Waals surface area contributed by atoms with Gasteiger partial charge in [0.1, 0.15) is 0 Å². The van der Waals surface area contributed by atoms with Crippen LogP contribution in [0.4, 0.5) is 0 Å². The Kier molecular flexibility index (Phi) is 1.67. The van der Waals surface area contributed by atoms with Crippen LogP contribution in [-0.2, 0) is 0 Å². The largest absolute Gasteiger partial charge is 0.322 e. The SMILES string of the molecule is CCC1(N)C=CN=CC1. The summed E-state index contributed by atoms with van der Waals surface area (Å²) in [6.07, 6.45) is 7.46. The number of hydrogen-bond acceptors (Lipinski definition) is 2. The molecule has 1 aliphatic heterocycles. The quantitative estimate of drug-likeness (QED) is 0.558. The molecule has 2 nitrogen and oxygen atoms in total. The maximum atomic E-state index is 5.88. The standard InChI is InChI=1S/C7H12N2/c1-2-7(8)3-5-9-6-4-7/h3,5-6H,2,4,8H2,1H3. The lowest BCUT2D eigenvalue weighted by molar-refractivity contribution is 0.529. The predicted octanol–water partition coefficient (Wildman–Crippen LogP) is 1.08. The topological polar surface area (TPSA) is 38.4 Å². The number of hydrogen-bond donors (Lipinski definition) is 1. The summed E-state index contributed by atoms with van der Waals surface area (Å²) in [6, 6.07) is 0. The normalized spacial score (nSPS) is 33.1. The lowest BCUT2D eigenvalue weighted by atomic mass is 9.93. The molecule has 0 saturated heterocycles. The van der Waals surface area contributed by atoms with Crippen LogP contribution in [0.25, 0.3) is 0 Å². The molecule has 1 heterocycles. The molecule has 0 aliphatic carbocycles. The van der Waals surface area contributed by atoms with E-state index in [0.29, 0.717) is 0 Å². The second-order valence-corrected chi connectivity index (χ2v) is 2.44. The second kappa shape index (κ2) is 2.31. The fourth-order valence-corrected chi connectivity index (χ4v) is 0.805. The number of aliphatic imine (C=N–C) groups is 1. The monoisotopic (exact) mass is 124 g/mol. The molecule has 2 heteroatoms. The van der Waals surface area contributed by atoms with E-state index in [-0.39, 0.29) is 5.54 Å². The summed E-state index contributed by atoms with van der Waals surface area (Å²) in [5, 5.41) is 0. The molecule has 2 N–H and O–H groups in total. The van der Waals surface area contributed by atoms with Crippen molar-refractivity contribution < 1.29 is 0 Å². The van der Waals surface area contributed by atoms with Gasteiger partial charge in [-0.05, 0) is 12.5 Å². The molecule has 1 aliphatic rings. The van der Waals surface area contributed by atoms with Gasteiger partial charge in [0.25, 0.3) is 0 Å². The average Bonchev–Trinajstić information content (AvgIpc) is 1.90. The van der Waals surface area contributed by atoms with Gasteiger partial charge in [-0.15, -0.1) is 0 Å². The van der Waals surface area contributed by atoms with Crippen molar-refractivity contribution in [3.8, 4) is 0 Å². The van der Waals surface area contributed by atoms with E-state index in [0.717, 1.165) is 12.8 Å². The van der Waals surface area contributed by atoms with Crippen molar-refractivity contribution in [3.63, 3.8) is 0 Å². The third-order valence-corrected chi connectivity index (χ3v) is 1.73. The smallest absolute Gasteiger partial charge is 0.0404 e. The molecular weight excluding hydrogens is 112 g/mol. The van der Waals surface area contributed by atoms with Crippen LogP contribution in [0.3, 0.4) is 0 Å². The number of nitrogens with zero attached hydrogens (tertiary/aromatic N) is 1. The molecule has 1 unspecified atom stereocenters. The lowest BCUT2D eigenvalue weighted by Crippen LogP contribution is -2.37. The molecule has 0 bridgehead atoms. The average molecular weight is 124 g/mol. The summed E-state index contributed by atoms with van der Waals surface area (Å²) in [6.45, 7) is 2.09. The summed E-state index contributed by atoms with van der Waals surface area (Å²) in [4.78, 5) is 3.93. The van der Waals surface area contributed by atoms with Crippen molar-refractivity contribution in [2.45, 2.75) is 25.3 Å². The Hall–Kier alpha value is -0.630. The van der Waals surface area contributed by atoms with Crippen molar-refractivity contribution in [1.29, 1.82) is 0 Å². The highest BCUT2D eigenvalue weighted by atomic mass is 14.8. The van der Waals surface area contributed by atoms with E-state index in [1.807, 2.05) is 12.3 Å². The first-order valence-corrected chi connectivity index (χ1v) is 3.25. The highest BCUT2D eigenvalue weighted by molar-refractivity contribution is 5.62. The Morgan fingerprint density at radius 2 is 2.56 bits per heavy atom. The lowest BCUT2D eigenvalue weighted by Gasteiger charge is -2.23. The van der Waals surface area contributed by atoms with Gasteiger partial charge in [0.05, 0.1) is 0 Å². The molecule has 0 aromatic heterocycles. The summed E-state index contributed by atoms with van der Waals surface area (Å²) in [5.74, 6) is 0. The van der Waals surface area contributed by atoms with E-state index in [1.165, 1.54) is 0 Å². The van der Waals surface area contributed by atoms with Gasteiger partial charge in [0.15, 0.2) is 0 Å². The van der Waals surface area contributed by atoms with Gasteiger partial charge >= 0.3 is 0 Å². The molecule has 0 aromatic carbocycles. The van der Waals surface area contributed by atoms with E-state index in [1.54, 1.807) is 6.20 Å². The first kappa shape index (κ1) is 6.49. The molecular formula is C7H12N2. The summed E-state index contributed by atoms with van der Waals surface area (Å²) in [5.41, 5.74) is 5.77. The van der Waals surface area contributed by atoms with E-state index in [2.05, 4.69) is 11.9 Å². The molecule has 1 atom stereocenters. The fourth-order valence-electron chi connectivity index (χ4n) is 0.805. The molecule has 0 amide bonds. The van der Waals surface area contributed by atoms with Crippen LogP contribution >= 0.6 is 0 Å². The van der Waals surface area contributed by atoms with Gasteiger partial charge in [0, 0.05) is 24.4 Å². The Morgan fingerprint density at radius 1 is 1.78 bits per heavy atom. The molecule has 1 rings (SSSR count). The maximum Gasteiger partial charge on any atom is 0.0404 e. The Bertz CT molecular complexity index is 149. The van der Waals surface area contributed by atoms with Crippen LogP contribution in [0, 0.1) is 0 Å². The molecule has 50 valence electrons. The van der Waals surface area contributed by atoms with E-state index in [9.17, 15) is 0 Å². The first-order valence-electron chi connectivity index (χ1n) is 3.25. The molecule has 0 aromatic rings. The Morgan fingerprint density at radius 3 is 2.89 bits per heavy atom. The van der Waals surface area contributed by atoms with Gasteiger partial charge < -0.3 is 5.73 Å². The summed E-state index contributed by atoms with van der Waals surface area (Å²) < 4.78 is 0. The van der Waals surface area contributed by atoms with E-state index in [4.69, 9.17) is 5.73 Å².